The molecule has 20 heavy (non-hydrogen) atoms. The van der Waals surface area contributed by atoms with Crippen molar-refractivity contribution in [3.63, 3.8) is 0 Å². The van der Waals surface area contributed by atoms with Crippen molar-refractivity contribution in [1.82, 2.24) is 4.98 Å². The summed E-state index contributed by atoms with van der Waals surface area (Å²) in [6.45, 7) is 1.48. The molecule has 0 aliphatic rings. The van der Waals surface area contributed by atoms with Crippen LogP contribution in [-0.4, -0.2) is 19.3 Å². The molecule has 4 N–H and O–H groups in total. The van der Waals surface area contributed by atoms with E-state index in [1.165, 1.54) is 19.1 Å². The minimum absolute atomic E-state index is 0.0524. The standard InChI is InChI=1S/C11H11N3O4S2/c1-6-10(19-11(16)13-6)20(17,18)14-8-5-3-2-4-7(8)9(12)15/h2-5,14H,1H3,(H2,12,15)(H,13,16). The Morgan fingerprint density at radius 2 is 2.00 bits per heavy atom. The van der Waals surface area contributed by atoms with Gasteiger partial charge in [0.1, 0.15) is 0 Å². The lowest BCUT2D eigenvalue weighted by molar-refractivity contribution is 0.100. The number of benzene rings is 1. The van der Waals surface area contributed by atoms with Crippen molar-refractivity contribution < 1.29 is 13.2 Å². The molecule has 9 heteroatoms. The van der Waals surface area contributed by atoms with Crippen molar-refractivity contribution in [3.8, 4) is 0 Å². The molecule has 0 aliphatic heterocycles. The lowest BCUT2D eigenvalue weighted by Crippen LogP contribution is -2.18. The molecule has 1 heterocycles. The Labute approximate surface area is 118 Å². The summed E-state index contributed by atoms with van der Waals surface area (Å²) in [7, 11) is -3.95. The van der Waals surface area contributed by atoms with Crippen LogP contribution in [0.25, 0.3) is 0 Å². The van der Waals surface area contributed by atoms with Gasteiger partial charge in [0.15, 0.2) is 4.21 Å². The highest BCUT2D eigenvalue weighted by atomic mass is 32.2. The van der Waals surface area contributed by atoms with E-state index in [1.807, 2.05) is 0 Å². The number of para-hydroxylation sites is 1. The number of aryl methyl sites for hydroxylation is 1. The molecule has 0 saturated carbocycles. The van der Waals surface area contributed by atoms with Crippen LogP contribution in [0.1, 0.15) is 16.1 Å². The number of thiazole rings is 1. The SMILES string of the molecule is Cc1[nH]c(=O)sc1S(=O)(=O)Nc1ccccc1C(N)=O. The van der Waals surface area contributed by atoms with E-state index in [-0.39, 0.29) is 21.2 Å². The molecule has 2 aromatic rings. The maximum atomic E-state index is 12.2. The number of anilines is 1. The summed E-state index contributed by atoms with van der Waals surface area (Å²) in [4.78, 5) is 24.4. The summed E-state index contributed by atoms with van der Waals surface area (Å²) in [6, 6.07) is 5.96. The molecule has 0 saturated heterocycles. The minimum atomic E-state index is -3.95. The van der Waals surface area contributed by atoms with Gasteiger partial charge in [0.05, 0.1) is 11.3 Å². The third-order valence-electron chi connectivity index (χ3n) is 2.46. The number of carbonyl (C=O) groups excluding carboxylic acids is 1. The molecule has 0 unspecified atom stereocenters. The van der Waals surface area contributed by atoms with Crippen LogP contribution in [0.4, 0.5) is 5.69 Å². The van der Waals surface area contributed by atoms with Gasteiger partial charge >= 0.3 is 4.87 Å². The Kier molecular flexibility index (Phi) is 3.64. The van der Waals surface area contributed by atoms with Crippen LogP contribution in [-0.2, 0) is 10.0 Å². The summed E-state index contributed by atoms with van der Waals surface area (Å²) < 4.78 is 26.5. The number of primary amides is 1. The number of amides is 1. The second kappa shape index (κ2) is 5.10. The first-order valence-electron chi connectivity index (χ1n) is 5.42. The summed E-state index contributed by atoms with van der Waals surface area (Å²) in [5, 5.41) is 0. The fourth-order valence-electron chi connectivity index (χ4n) is 1.62. The number of nitrogens with one attached hydrogen (secondary N) is 2. The minimum Gasteiger partial charge on any atom is -0.366 e. The maximum absolute atomic E-state index is 12.2. The monoisotopic (exact) mass is 313 g/mol. The van der Waals surface area contributed by atoms with E-state index in [1.54, 1.807) is 12.1 Å². The summed E-state index contributed by atoms with van der Waals surface area (Å²) >= 11 is 0.577. The van der Waals surface area contributed by atoms with E-state index in [9.17, 15) is 18.0 Å². The van der Waals surface area contributed by atoms with Crippen molar-refractivity contribution in [3.05, 3.63) is 45.2 Å². The molecular formula is C11H11N3O4S2. The number of sulfonamides is 1. The molecule has 0 bridgehead atoms. The Hall–Kier alpha value is -2.13. The largest absolute Gasteiger partial charge is 0.366 e. The topological polar surface area (TPSA) is 122 Å². The first-order chi connectivity index (χ1) is 9.31. The Morgan fingerprint density at radius 3 is 2.55 bits per heavy atom. The smallest absolute Gasteiger partial charge is 0.306 e. The van der Waals surface area contributed by atoms with Gasteiger partial charge in [-0.2, -0.15) is 0 Å². The van der Waals surface area contributed by atoms with Crippen molar-refractivity contribution >= 4 is 33.0 Å². The number of hydrogen-bond donors (Lipinski definition) is 3. The second-order valence-corrected chi connectivity index (χ2v) is 6.80. The fourth-order valence-corrected chi connectivity index (χ4v) is 4.01. The van der Waals surface area contributed by atoms with Gasteiger partial charge in [0.2, 0.25) is 0 Å². The molecular weight excluding hydrogens is 302 g/mol. The zero-order chi connectivity index (χ0) is 14.9. The second-order valence-electron chi connectivity index (χ2n) is 3.94. The van der Waals surface area contributed by atoms with Gasteiger partial charge in [-0.3, -0.25) is 14.3 Å². The highest BCUT2D eigenvalue weighted by Crippen LogP contribution is 2.22. The zero-order valence-corrected chi connectivity index (χ0v) is 12.0. The molecule has 0 atom stereocenters. The quantitative estimate of drug-likeness (QED) is 0.766. The molecule has 1 aromatic carbocycles. The molecule has 106 valence electrons. The van der Waals surface area contributed by atoms with E-state index >= 15 is 0 Å². The van der Waals surface area contributed by atoms with Crippen LogP contribution < -0.4 is 15.3 Å². The van der Waals surface area contributed by atoms with Gasteiger partial charge < -0.3 is 10.7 Å². The Balaban J connectivity index is 2.47. The molecule has 0 fully saturated rings. The van der Waals surface area contributed by atoms with Gasteiger partial charge in [-0.1, -0.05) is 23.5 Å². The Bertz CT molecular complexity index is 820. The molecule has 1 aromatic heterocycles. The maximum Gasteiger partial charge on any atom is 0.306 e. The number of carbonyl (C=O) groups is 1. The average Bonchev–Trinajstić information content (AvgIpc) is 2.69. The van der Waals surface area contributed by atoms with Crippen LogP contribution in [0.3, 0.4) is 0 Å². The molecule has 1 amide bonds. The van der Waals surface area contributed by atoms with Crippen LogP contribution in [0.5, 0.6) is 0 Å². The van der Waals surface area contributed by atoms with E-state index in [4.69, 9.17) is 5.73 Å². The average molecular weight is 313 g/mol. The van der Waals surface area contributed by atoms with Crippen molar-refractivity contribution in [2.24, 2.45) is 5.73 Å². The highest BCUT2D eigenvalue weighted by Gasteiger charge is 2.22. The third kappa shape index (κ3) is 2.73. The first kappa shape index (κ1) is 14.3. The van der Waals surface area contributed by atoms with E-state index in [0.29, 0.717) is 11.3 Å². The first-order valence-corrected chi connectivity index (χ1v) is 7.72. The summed E-state index contributed by atoms with van der Waals surface area (Å²) in [5.41, 5.74) is 5.54. The zero-order valence-electron chi connectivity index (χ0n) is 10.3. The Morgan fingerprint density at radius 1 is 1.35 bits per heavy atom. The van der Waals surface area contributed by atoms with E-state index in [0.717, 1.165) is 0 Å². The highest BCUT2D eigenvalue weighted by molar-refractivity contribution is 7.94. The molecule has 0 aliphatic carbocycles. The lowest BCUT2D eigenvalue weighted by Gasteiger charge is -2.09. The van der Waals surface area contributed by atoms with Gasteiger partial charge in [-0.05, 0) is 19.1 Å². The van der Waals surface area contributed by atoms with Crippen molar-refractivity contribution in [1.29, 1.82) is 0 Å². The van der Waals surface area contributed by atoms with Crippen LogP contribution in [0.2, 0.25) is 0 Å². The summed E-state index contributed by atoms with van der Waals surface area (Å²) in [6.07, 6.45) is 0. The number of hydrogen-bond acceptors (Lipinski definition) is 5. The molecule has 0 radical (unpaired) electrons. The summed E-state index contributed by atoms with van der Waals surface area (Å²) in [5.74, 6) is -0.748. The van der Waals surface area contributed by atoms with Crippen LogP contribution in [0.15, 0.2) is 33.3 Å². The predicted molar refractivity (Wildman–Crippen MR) is 75.4 cm³/mol. The van der Waals surface area contributed by atoms with Gasteiger partial charge in [-0.25, -0.2) is 8.42 Å². The molecule has 7 nitrogen and oxygen atoms in total. The van der Waals surface area contributed by atoms with Crippen LogP contribution >= 0.6 is 11.3 Å². The van der Waals surface area contributed by atoms with Crippen molar-refractivity contribution in [2.75, 3.05) is 4.72 Å². The molecule has 2 rings (SSSR count). The fraction of sp³-hybridized carbons (Fsp3) is 0.0909. The normalized spacial score (nSPS) is 11.2. The molecule has 0 spiro atoms. The van der Waals surface area contributed by atoms with E-state index < -0.39 is 20.8 Å². The number of rotatable bonds is 4. The van der Waals surface area contributed by atoms with Gasteiger partial charge in [0, 0.05) is 5.69 Å². The van der Waals surface area contributed by atoms with E-state index in [2.05, 4.69) is 9.71 Å². The number of nitrogens with two attached hydrogens (primary N) is 1. The van der Waals surface area contributed by atoms with Crippen LogP contribution in [0, 0.1) is 6.92 Å². The number of H-pyrrole nitrogens is 1. The van der Waals surface area contributed by atoms with Crippen molar-refractivity contribution in [2.45, 2.75) is 11.1 Å². The van der Waals surface area contributed by atoms with Gasteiger partial charge in [-0.15, -0.1) is 0 Å². The number of aromatic nitrogens is 1. The lowest BCUT2D eigenvalue weighted by atomic mass is 10.2. The third-order valence-corrected chi connectivity index (χ3v) is 5.43. The van der Waals surface area contributed by atoms with Gasteiger partial charge in [0.25, 0.3) is 15.9 Å². The predicted octanol–water partition coefficient (Wildman–Crippen LogP) is 0.645. The number of aromatic amines is 1.